The standard InChI is InChI=1S/C20H18BrN3O2S/c21-13-6-7-16-14(11-13)24-19-17(27-16)5-4-10-23(19)18(20(24)26)15(25)12-22-8-2-1-3-9-22/h4-7,10-11H,1-3,8-9,12H2. The fraction of sp³-hybridized carbons (Fsp3) is 0.300. The van der Waals surface area contributed by atoms with Crippen molar-refractivity contribution in [1.29, 1.82) is 0 Å². The summed E-state index contributed by atoms with van der Waals surface area (Å²) in [5.41, 5.74) is 0.594. The molecule has 3 aliphatic heterocycles. The van der Waals surface area contributed by atoms with Crippen molar-refractivity contribution in [2.45, 2.75) is 19.3 Å². The minimum atomic E-state index is -0.232. The molecule has 3 aliphatic rings. The predicted octanol–water partition coefficient (Wildman–Crippen LogP) is 1.66. The Morgan fingerprint density at radius 1 is 1.19 bits per heavy atom. The molecular weight excluding hydrogens is 426 g/mol. The van der Waals surface area contributed by atoms with Gasteiger partial charge in [0.25, 0.3) is 0 Å². The van der Waals surface area contributed by atoms with Gasteiger partial charge in [0.2, 0.25) is 5.35 Å². The first-order chi connectivity index (χ1) is 13.1. The Kier molecular flexibility index (Phi) is 4.18. The van der Waals surface area contributed by atoms with Gasteiger partial charge in [-0.15, -0.1) is 11.3 Å². The summed E-state index contributed by atoms with van der Waals surface area (Å²) in [6, 6.07) is 9.82. The molecule has 27 heavy (non-hydrogen) atoms. The fourth-order valence-electron chi connectivity index (χ4n) is 4.01. The molecule has 5 nitrogen and oxygen atoms in total. The third-order valence-electron chi connectivity index (χ3n) is 5.25. The Labute approximate surface area is 168 Å². The molecule has 0 N–H and O–H groups in total. The molecule has 0 atom stereocenters. The van der Waals surface area contributed by atoms with Crippen LogP contribution in [0.1, 0.15) is 19.3 Å². The van der Waals surface area contributed by atoms with Crippen molar-refractivity contribution in [3.63, 3.8) is 0 Å². The second kappa shape index (κ2) is 6.58. The van der Waals surface area contributed by atoms with Crippen LogP contribution in [0.3, 0.4) is 0 Å². The minimum absolute atomic E-state index is 0.101. The average molecular weight is 444 g/mol. The molecule has 138 valence electrons. The molecule has 5 rings (SSSR count). The maximum atomic E-state index is 13.3. The second-order valence-corrected chi connectivity index (χ2v) is 9.03. The minimum Gasteiger partial charge on any atom is -0.872 e. The topological polar surface area (TPSA) is 52.4 Å². The maximum Gasteiger partial charge on any atom is 0.385 e. The third-order valence-corrected chi connectivity index (χ3v) is 6.85. The van der Waals surface area contributed by atoms with Crippen molar-refractivity contribution in [2.24, 2.45) is 0 Å². The zero-order valence-corrected chi connectivity index (χ0v) is 17.1. The summed E-state index contributed by atoms with van der Waals surface area (Å²) in [4.78, 5) is 15.5. The molecule has 0 saturated carbocycles. The summed E-state index contributed by atoms with van der Waals surface area (Å²) in [5, 5.41) is 13.4. The van der Waals surface area contributed by atoms with Crippen LogP contribution in [0.4, 0.5) is 0 Å². The Balaban J connectivity index is 1.84. The third kappa shape index (κ3) is 2.76. The van der Waals surface area contributed by atoms with Crippen LogP contribution in [0.15, 0.2) is 45.8 Å². The van der Waals surface area contributed by atoms with Crippen LogP contribution < -0.4 is 20.4 Å². The van der Waals surface area contributed by atoms with E-state index in [0.29, 0.717) is 6.54 Å². The summed E-state index contributed by atoms with van der Waals surface area (Å²) in [5.74, 6) is 0.677. The Morgan fingerprint density at radius 3 is 2.81 bits per heavy atom. The van der Waals surface area contributed by atoms with Gasteiger partial charge in [0.1, 0.15) is 4.70 Å². The van der Waals surface area contributed by atoms with Crippen LogP contribution in [0, 0.1) is 0 Å². The molecule has 0 radical (unpaired) electrons. The fourth-order valence-corrected chi connectivity index (χ4v) is 5.41. The van der Waals surface area contributed by atoms with Gasteiger partial charge in [0.05, 0.1) is 10.9 Å². The van der Waals surface area contributed by atoms with Gasteiger partial charge in [-0.2, -0.15) is 8.97 Å². The van der Waals surface area contributed by atoms with Gasteiger partial charge in [-0.1, -0.05) is 28.1 Å². The van der Waals surface area contributed by atoms with Gasteiger partial charge in [-0.3, -0.25) is 0 Å². The molecule has 0 amide bonds. The smallest absolute Gasteiger partial charge is 0.385 e. The summed E-state index contributed by atoms with van der Waals surface area (Å²) in [6.07, 6.45) is 5.28. The second-order valence-electron chi connectivity index (χ2n) is 7.03. The molecule has 0 aliphatic carbocycles. The largest absolute Gasteiger partial charge is 0.872 e. The van der Waals surface area contributed by atoms with Crippen LogP contribution in [0.2, 0.25) is 0 Å². The average Bonchev–Trinajstić information content (AvgIpc) is 2.97. The molecule has 1 aromatic carbocycles. The van der Waals surface area contributed by atoms with Crippen molar-refractivity contribution >= 4 is 47.9 Å². The number of pyridine rings is 1. The molecule has 1 fully saturated rings. The highest BCUT2D eigenvalue weighted by Gasteiger charge is 2.28. The molecule has 0 unspecified atom stereocenters. The number of piperidine rings is 1. The van der Waals surface area contributed by atoms with E-state index < -0.39 is 0 Å². The van der Waals surface area contributed by atoms with Crippen molar-refractivity contribution in [3.8, 4) is 5.82 Å². The van der Waals surface area contributed by atoms with Crippen LogP contribution in [0.25, 0.3) is 26.5 Å². The number of rotatable bonds is 2. The van der Waals surface area contributed by atoms with Crippen molar-refractivity contribution in [2.75, 3.05) is 19.6 Å². The highest BCUT2D eigenvalue weighted by molar-refractivity contribution is 9.10. The maximum absolute atomic E-state index is 13.3. The summed E-state index contributed by atoms with van der Waals surface area (Å²) in [7, 11) is 0. The van der Waals surface area contributed by atoms with E-state index in [4.69, 9.17) is 0 Å². The van der Waals surface area contributed by atoms with Crippen LogP contribution in [-0.4, -0.2) is 29.1 Å². The number of fused-ring (bicyclic) bond motifs is 2. The van der Waals surface area contributed by atoms with Gasteiger partial charge >= 0.3 is 11.4 Å². The van der Waals surface area contributed by atoms with Crippen molar-refractivity contribution in [1.82, 2.24) is 9.47 Å². The van der Waals surface area contributed by atoms with E-state index in [1.165, 1.54) is 6.42 Å². The van der Waals surface area contributed by atoms with Crippen molar-refractivity contribution < 1.29 is 9.51 Å². The summed E-state index contributed by atoms with van der Waals surface area (Å²) >= 11 is 5.13. The molecule has 7 heteroatoms. The quantitative estimate of drug-likeness (QED) is 0.349. The van der Waals surface area contributed by atoms with E-state index in [1.54, 1.807) is 20.3 Å². The number of likely N-dealkylation sites (tertiary alicyclic amines) is 1. The van der Waals surface area contributed by atoms with Gasteiger partial charge < -0.3 is 10.0 Å². The zero-order chi connectivity index (χ0) is 18.5. The number of aromatic nitrogens is 2. The summed E-state index contributed by atoms with van der Waals surface area (Å²) < 4.78 is 6.38. The van der Waals surface area contributed by atoms with E-state index in [9.17, 15) is 9.90 Å². The molecular formula is C20H18BrN3O2S. The number of halogens is 1. The highest BCUT2D eigenvalue weighted by Crippen LogP contribution is 2.29. The normalized spacial score (nSPS) is 17.2. The van der Waals surface area contributed by atoms with Crippen LogP contribution >= 0.6 is 27.3 Å². The molecule has 0 spiro atoms. The zero-order valence-electron chi connectivity index (χ0n) is 14.7. The lowest BCUT2D eigenvalue weighted by Gasteiger charge is -2.28. The van der Waals surface area contributed by atoms with Gasteiger partial charge in [-0.25, -0.2) is 4.79 Å². The monoisotopic (exact) mass is 443 g/mol. The number of imidazole rings is 1. The first kappa shape index (κ1) is 17.2. The van der Waals surface area contributed by atoms with E-state index >= 15 is 0 Å². The molecule has 1 aromatic heterocycles. The Hall–Kier alpha value is -1.96. The first-order valence-corrected chi connectivity index (χ1v) is 10.7. The molecule has 2 aromatic rings. The lowest BCUT2D eigenvalue weighted by Crippen LogP contribution is -2.49. The Bertz CT molecular complexity index is 1240. The van der Waals surface area contributed by atoms with Crippen LogP contribution in [0.5, 0.6) is 0 Å². The molecule has 4 heterocycles. The molecule has 0 bridgehead atoms. The van der Waals surface area contributed by atoms with E-state index in [2.05, 4.69) is 20.8 Å². The van der Waals surface area contributed by atoms with Gasteiger partial charge in [0, 0.05) is 17.1 Å². The van der Waals surface area contributed by atoms with E-state index in [-0.39, 0.29) is 16.7 Å². The van der Waals surface area contributed by atoms with E-state index in [1.807, 2.05) is 36.5 Å². The van der Waals surface area contributed by atoms with E-state index in [0.717, 1.165) is 51.1 Å². The lowest BCUT2D eigenvalue weighted by molar-refractivity contribution is -0.546. The number of nitrogens with zero attached hydrogens (tertiary/aromatic N) is 3. The first-order valence-electron chi connectivity index (χ1n) is 9.13. The number of hydrogen-bond donors (Lipinski definition) is 0. The van der Waals surface area contributed by atoms with Gasteiger partial charge in [0.15, 0.2) is 5.52 Å². The number of benzene rings is 1. The van der Waals surface area contributed by atoms with Gasteiger partial charge in [-0.05, 0) is 50.2 Å². The summed E-state index contributed by atoms with van der Waals surface area (Å²) in [6.45, 7) is 2.17. The molecule has 1 saturated heterocycles. The van der Waals surface area contributed by atoms with Crippen molar-refractivity contribution in [3.05, 3.63) is 56.7 Å². The SMILES string of the molecule is O=c1/c(=C(/[O-])CN2CCCCC2)[n+]2cccc3sc4ccc(Br)cc4n1-c32. The predicted molar refractivity (Wildman–Crippen MR) is 108 cm³/mol. The highest BCUT2D eigenvalue weighted by atomic mass is 79.9. The van der Waals surface area contributed by atoms with Crippen LogP contribution in [-0.2, 0) is 0 Å². The number of hydrogen-bond acceptors (Lipinski definition) is 4. The lowest BCUT2D eigenvalue weighted by atomic mass is 10.1. The Morgan fingerprint density at radius 2 is 2.00 bits per heavy atom.